The molecule has 0 aliphatic rings. The molecule has 0 atom stereocenters. The molecule has 19 heavy (non-hydrogen) atoms. The molecular formula is C17H17NO. The number of ketones is 1. The van der Waals surface area contributed by atoms with Crippen molar-refractivity contribution < 1.29 is 4.79 Å². The van der Waals surface area contributed by atoms with Crippen LogP contribution >= 0.6 is 0 Å². The highest BCUT2D eigenvalue weighted by atomic mass is 16.1. The first-order chi connectivity index (χ1) is 8.84. The lowest BCUT2D eigenvalue weighted by Gasteiger charge is -1.91. The maximum absolute atomic E-state index is 11.6. The minimum Gasteiger partial charge on any atom is -0.344 e. The molecule has 0 heterocycles. The lowest BCUT2D eigenvalue weighted by molar-refractivity contribution is -0.110. The van der Waals surface area contributed by atoms with Crippen LogP contribution in [0.5, 0.6) is 0 Å². The molecule has 0 saturated heterocycles. The van der Waals surface area contributed by atoms with Crippen molar-refractivity contribution in [2.75, 3.05) is 0 Å². The highest BCUT2D eigenvalue weighted by Gasteiger charge is 1.90. The quantitative estimate of drug-likeness (QED) is 0.830. The van der Waals surface area contributed by atoms with Crippen molar-refractivity contribution in [3.63, 3.8) is 0 Å². The smallest absolute Gasteiger partial charge is 0.178 e. The predicted octanol–water partition coefficient (Wildman–Crippen LogP) is 4.14. The summed E-state index contributed by atoms with van der Waals surface area (Å²) in [6.07, 6.45) is 6.79. The van der Waals surface area contributed by atoms with Crippen LogP contribution in [0, 0.1) is 0 Å². The molecule has 2 aromatic rings. The van der Waals surface area contributed by atoms with E-state index in [0.29, 0.717) is 0 Å². The predicted molar refractivity (Wildman–Crippen MR) is 81.0 cm³/mol. The molecule has 0 unspecified atom stereocenters. The number of benzene rings is 2. The summed E-state index contributed by atoms with van der Waals surface area (Å²) in [6, 6.07) is 19.6. The summed E-state index contributed by atoms with van der Waals surface area (Å²) >= 11 is 0. The lowest BCUT2D eigenvalue weighted by atomic mass is 10.1. The molecule has 2 heteroatoms. The normalized spacial score (nSPS) is 10.5. The van der Waals surface area contributed by atoms with Gasteiger partial charge in [-0.05, 0) is 23.3 Å². The molecule has 0 amide bonds. The number of allylic oxidation sites excluding steroid dienone is 2. The van der Waals surface area contributed by atoms with Crippen LogP contribution in [-0.2, 0) is 4.79 Å². The Morgan fingerprint density at radius 1 is 0.684 bits per heavy atom. The molecule has 0 aliphatic carbocycles. The molecular weight excluding hydrogens is 234 g/mol. The third-order valence-corrected chi connectivity index (χ3v) is 2.48. The molecule has 0 fully saturated rings. The first-order valence-electron chi connectivity index (χ1n) is 5.85. The van der Waals surface area contributed by atoms with Gasteiger partial charge in [0.2, 0.25) is 0 Å². The summed E-state index contributed by atoms with van der Waals surface area (Å²) in [4.78, 5) is 11.6. The fraction of sp³-hybridized carbons (Fsp3) is 0. The van der Waals surface area contributed by atoms with Crippen molar-refractivity contribution in [3.05, 3.63) is 83.9 Å². The maximum Gasteiger partial charge on any atom is 0.178 e. The Bertz CT molecular complexity index is 505. The van der Waals surface area contributed by atoms with Crippen molar-refractivity contribution in [2.45, 2.75) is 0 Å². The van der Waals surface area contributed by atoms with Gasteiger partial charge in [-0.2, -0.15) is 0 Å². The van der Waals surface area contributed by atoms with Crippen molar-refractivity contribution in [3.8, 4) is 0 Å². The number of rotatable bonds is 4. The fourth-order valence-electron chi connectivity index (χ4n) is 1.54. The summed E-state index contributed by atoms with van der Waals surface area (Å²) in [6.45, 7) is 0. The van der Waals surface area contributed by atoms with E-state index in [1.165, 1.54) is 0 Å². The Morgan fingerprint density at radius 3 is 1.42 bits per heavy atom. The first-order valence-corrected chi connectivity index (χ1v) is 5.85. The zero-order valence-corrected chi connectivity index (χ0v) is 10.7. The van der Waals surface area contributed by atoms with Crippen LogP contribution in [0.4, 0.5) is 0 Å². The molecule has 3 N–H and O–H groups in total. The van der Waals surface area contributed by atoms with Crippen LogP contribution in [0.3, 0.4) is 0 Å². The van der Waals surface area contributed by atoms with Gasteiger partial charge >= 0.3 is 0 Å². The van der Waals surface area contributed by atoms with E-state index in [1.54, 1.807) is 12.2 Å². The van der Waals surface area contributed by atoms with Gasteiger partial charge in [-0.25, -0.2) is 0 Å². The average Bonchev–Trinajstić information content (AvgIpc) is 2.45. The van der Waals surface area contributed by atoms with E-state index >= 15 is 0 Å². The van der Waals surface area contributed by atoms with E-state index in [1.807, 2.05) is 72.8 Å². The molecule has 0 saturated carbocycles. The Labute approximate surface area is 113 Å². The highest BCUT2D eigenvalue weighted by molar-refractivity contribution is 6.04. The molecule has 2 aromatic carbocycles. The van der Waals surface area contributed by atoms with Crippen molar-refractivity contribution in [1.29, 1.82) is 0 Å². The van der Waals surface area contributed by atoms with Gasteiger partial charge in [-0.3, -0.25) is 4.79 Å². The van der Waals surface area contributed by atoms with Gasteiger partial charge in [0.1, 0.15) is 0 Å². The summed E-state index contributed by atoms with van der Waals surface area (Å²) < 4.78 is 0. The topological polar surface area (TPSA) is 52.1 Å². The molecule has 0 radical (unpaired) electrons. The number of carbonyl (C=O) groups excluding carboxylic acids is 1. The van der Waals surface area contributed by atoms with E-state index < -0.39 is 0 Å². The summed E-state index contributed by atoms with van der Waals surface area (Å²) in [5.41, 5.74) is 2.05. The Kier molecular flexibility index (Phi) is 5.99. The monoisotopic (exact) mass is 251 g/mol. The van der Waals surface area contributed by atoms with Gasteiger partial charge in [0.25, 0.3) is 0 Å². The van der Waals surface area contributed by atoms with Gasteiger partial charge < -0.3 is 6.15 Å². The molecule has 0 spiro atoms. The van der Waals surface area contributed by atoms with E-state index in [-0.39, 0.29) is 11.9 Å². The summed E-state index contributed by atoms with van der Waals surface area (Å²) in [5.74, 6) is -0.0114. The van der Waals surface area contributed by atoms with Gasteiger partial charge in [-0.15, -0.1) is 0 Å². The number of hydrogen-bond acceptors (Lipinski definition) is 2. The van der Waals surface area contributed by atoms with Crippen molar-refractivity contribution in [2.24, 2.45) is 0 Å². The summed E-state index contributed by atoms with van der Waals surface area (Å²) in [7, 11) is 0. The van der Waals surface area contributed by atoms with Gasteiger partial charge in [0.05, 0.1) is 0 Å². The number of hydrogen-bond donors (Lipinski definition) is 1. The van der Waals surface area contributed by atoms with E-state index in [4.69, 9.17) is 0 Å². The van der Waals surface area contributed by atoms with E-state index in [0.717, 1.165) is 11.1 Å². The SMILES string of the molecule is N.O=C(C=Cc1ccccc1)C=Cc1ccccc1. The highest BCUT2D eigenvalue weighted by Crippen LogP contribution is 2.03. The van der Waals surface area contributed by atoms with Crippen LogP contribution in [0.15, 0.2) is 72.8 Å². The molecule has 2 rings (SSSR count). The molecule has 0 aliphatic heterocycles. The zero-order chi connectivity index (χ0) is 12.6. The minimum atomic E-state index is -0.0114. The Morgan fingerprint density at radius 2 is 1.05 bits per heavy atom. The van der Waals surface area contributed by atoms with Crippen LogP contribution in [0.1, 0.15) is 11.1 Å². The first kappa shape index (κ1) is 14.6. The average molecular weight is 251 g/mol. The second-order valence-electron chi connectivity index (χ2n) is 3.89. The Hall–Kier alpha value is -2.45. The van der Waals surface area contributed by atoms with E-state index in [9.17, 15) is 4.79 Å². The zero-order valence-electron chi connectivity index (χ0n) is 10.7. The second-order valence-corrected chi connectivity index (χ2v) is 3.89. The summed E-state index contributed by atoms with van der Waals surface area (Å²) in [5, 5.41) is 0. The van der Waals surface area contributed by atoms with Crippen LogP contribution in [0.2, 0.25) is 0 Å². The minimum absolute atomic E-state index is 0. The third-order valence-electron chi connectivity index (χ3n) is 2.48. The Balaban J connectivity index is 0.00000180. The van der Waals surface area contributed by atoms with Gasteiger partial charge in [0.15, 0.2) is 5.78 Å². The third kappa shape index (κ3) is 5.15. The van der Waals surface area contributed by atoms with Crippen LogP contribution in [0.25, 0.3) is 12.2 Å². The maximum atomic E-state index is 11.6. The molecule has 96 valence electrons. The molecule has 0 bridgehead atoms. The lowest BCUT2D eigenvalue weighted by Crippen LogP contribution is -1.84. The fourth-order valence-corrected chi connectivity index (χ4v) is 1.54. The van der Waals surface area contributed by atoms with Gasteiger partial charge in [0, 0.05) is 0 Å². The van der Waals surface area contributed by atoms with Crippen LogP contribution in [-0.4, -0.2) is 5.78 Å². The molecule has 2 nitrogen and oxygen atoms in total. The number of carbonyl (C=O) groups is 1. The van der Waals surface area contributed by atoms with E-state index in [2.05, 4.69) is 0 Å². The largest absolute Gasteiger partial charge is 0.344 e. The second kappa shape index (κ2) is 7.80. The molecule has 0 aromatic heterocycles. The van der Waals surface area contributed by atoms with Crippen molar-refractivity contribution in [1.82, 2.24) is 6.15 Å². The van der Waals surface area contributed by atoms with Crippen molar-refractivity contribution >= 4 is 17.9 Å². The van der Waals surface area contributed by atoms with Crippen LogP contribution < -0.4 is 6.15 Å². The standard InChI is InChI=1S/C17H14O.H3N/c18-17(13-11-15-7-3-1-4-8-15)14-12-16-9-5-2-6-10-16;/h1-14H;1H3. The van der Waals surface area contributed by atoms with Gasteiger partial charge in [-0.1, -0.05) is 72.8 Å².